The maximum Gasteiger partial charge on any atom is 0.343 e. The molecule has 3 aromatic rings. The Kier molecular flexibility index (Phi) is 7.96. The van der Waals surface area contributed by atoms with E-state index >= 15 is 0 Å². The fraction of sp³-hybridized carbons (Fsp3) is 0.375. The number of carbonyl (C=O) groups excluding carboxylic acids is 1. The van der Waals surface area contributed by atoms with E-state index in [9.17, 15) is 4.79 Å². The van der Waals surface area contributed by atoms with Gasteiger partial charge >= 0.3 is 5.97 Å². The number of morpholine rings is 1. The Labute approximate surface area is 188 Å². The van der Waals surface area contributed by atoms with E-state index in [1.807, 2.05) is 42.5 Å². The van der Waals surface area contributed by atoms with Gasteiger partial charge in [-0.3, -0.25) is 4.90 Å². The summed E-state index contributed by atoms with van der Waals surface area (Å²) < 4.78 is 22.0. The van der Waals surface area contributed by atoms with Crippen LogP contribution in [-0.2, 0) is 20.7 Å². The molecular weight excluding hydrogens is 418 g/mol. The van der Waals surface area contributed by atoms with E-state index in [1.165, 1.54) is 12.7 Å². The molecule has 1 saturated heterocycles. The molecule has 0 amide bonds. The molecule has 7 heteroatoms. The summed E-state index contributed by atoms with van der Waals surface area (Å²) in [6, 6.07) is 18.4. The van der Waals surface area contributed by atoms with Crippen LogP contribution in [0, 0.1) is 0 Å². The Morgan fingerprint density at radius 1 is 1.19 bits per heavy atom. The SMILES string of the molecule is COC(=O)COc1ccc(CC(C)N2CCOC(c3cc4ccccc4o3)C2)cc1.Cl. The number of methoxy groups -OCH3 is 1. The zero-order chi connectivity index (χ0) is 20.9. The van der Waals surface area contributed by atoms with Crippen molar-refractivity contribution in [2.24, 2.45) is 0 Å². The molecule has 1 aliphatic heterocycles. The van der Waals surface area contributed by atoms with E-state index in [4.69, 9.17) is 13.9 Å². The molecule has 4 rings (SSSR count). The third kappa shape index (κ3) is 5.79. The van der Waals surface area contributed by atoms with Crippen LogP contribution in [0.25, 0.3) is 11.0 Å². The number of nitrogens with zero attached hydrogens (tertiary/aromatic N) is 1. The van der Waals surface area contributed by atoms with Crippen molar-refractivity contribution in [3.05, 3.63) is 65.9 Å². The highest BCUT2D eigenvalue weighted by Crippen LogP contribution is 2.29. The number of ether oxygens (including phenoxy) is 3. The van der Waals surface area contributed by atoms with Crippen LogP contribution in [0.2, 0.25) is 0 Å². The fourth-order valence-corrected chi connectivity index (χ4v) is 3.80. The Morgan fingerprint density at radius 3 is 2.71 bits per heavy atom. The van der Waals surface area contributed by atoms with Crippen LogP contribution < -0.4 is 4.74 Å². The highest BCUT2D eigenvalue weighted by Gasteiger charge is 2.27. The predicted octanol–water partition coefficient (Wildman–Crippen LogP) is 4.41. The van der Waals surface area contributed by atoms with Crippen LogP contribution in [0.1, 0.15) is 24.4 Å². The molecule has 31 heavy (non-hydrogen) atoms. The number of hydrogen-bond donors (Lipinski definition) is 0. The number of fused-ring (bicyclic) bond motifs is 1. The maximum atomic E-state index is 11.2. The Balaban J connectivity index is 0.00000272. The number of rotatable bonds is 7. The zero-order valence-corrected chi connectivity index (χ0v) is 18.6. The summed E-state index contributed by atoms with van der Waals surface area (Å²) in [6.45, 7) is 4.55. The Hall–Kier alpha value is -2.54. The third-order valence-electron chi connectivity index (χ3n) is 5.52. The Morgan fingerprint density at radius 2 is 1.97 bits per heavy atom. The molecule has 2 atom stereocenters. The van der Waals surface area contributed by atoms with E-state index < -0.39 is 0 Å². The van der Waals surface area contributed by atoms with Crippen LogP contribution in [0.15, 0.2) is 59.0 Å². The second-order valence-corrected chi connectivity index (χ2v) is 7.60. The first-order valence-electron chi connectivity index (χ1n) is 10.2. The molecule has 0 spiro atoms. The molecule has 0 radical (unpaired) electrons. The average Bonchev–Trinajstić information content (AvgIpc) is 3.23. The van der Waals surface area contributed by atoms with E-state index in [0.717, 1.165) is 36.2 Å². The molecule has 166 valence electrons. The van der Waals surface area contributed by atoms with Crippen molar-refractivity contribution in [1.82, 2.24) is 4.90 Å². The van der Waals surface area contributed by atoms with Crippen molar-refractivity contribution in [2.75, 3.05) is 33.4 Å². The smallest absolute Gasteiger partial charge is 0.343 e. The van der Waals surface area contributed by atoms with Gasteiger partial charge in [-0.2, -0.15) is 0 Å². The van der Waals surface area contributed by atoms with Gasteiger partial charge in [0.1, 0.15) is 23.2 Å². The molecule has 0 aliphatic carbocycles. The molecule has 1 fully saturated rings. The summed E-state index contributed by atoms with van der Waals surface area (Å²) in [4.78, 5) is 13.6. The molecule has 6 nitrogen and oxygen atoms in total. The number of carbonyl (C=O) groups is 1. The first-order chi connectivity index (χ1) is 14.6. The molecule has 1 aliphatic rings. The first-order valence-corrected chi connectivity index (χ1v) is 10.2. The standard InChI is InChI=1S/C24H27NO5.ClH/c1-17(13-18-7-9-20(10-8-18)29-16-24(26)27-2)25-11-12-28-23(15-25)22-14-19-5-3-4-6-21(19)30-22;/h3-10,14,17,23H,11-13,15-16H2,1-2H3;1H. The number of furan rings is 1. The van der Waals surface area contributed by atoms with E-state index in [-0.39, 0.29) is 31.1 Å². The van der Waals surface area contributed by atoms with Gasteiger partial charge in [-0.05, 0) is 43.2 Å². The van der Waals surface area contributed by atoms with Gasteiger partial charge < -0.3 is 18.6 Å². The van der Waals surface area contributed by atoms with Gasteiger partial charge in [0.2, 0.25) is 0 Å². The van der Waals surface area contributed by atoms with Crippen molar-refractivity contribution in [1.29, 1.82) is 0 Å². The van der Waals surface area contributed by atoms with Gasteiger partial charge in [0.15, 0.2) is 6.61 Å². The third-order valence-corrected chi connectivity index (χ3v) is 5.52. The summed E-state index contributed by atoms with van der Waals surface area (Å²) >= 11 is 0. The number of halogens is 1. The summed E-state index contributed by atoms with van der Waals surface area (Å²) in [6.07, 6.45) is 0.868. The zero-order valence-electron chi connectivity index (χ0n) is 17.8. The lowest BCUT2D eigenvalue weighted by atomic mass is 10.0. The van der Waals surface area contributed by atoms with Crippen molar-refractivity contribution in [3.63, 3.8) is 0 Å². The molecule has 2 unspecified atom stereocenters. The van der Waals surface area contributed by atoms with Crippen LogP contribution in [0.5, 0.6) is 5.75 Å². The van der Waals surface area contributed by atoms with Gasteiger partial charge in [0, 0.05) is 24.5 Å². The van der Waals surface area contributed by atoms with Gasteiger partial charge in [-0.1, -0.05) is 30.3 Å². The molecule has 0 bridgehead atoms. The highest BCUT2D eigenvalue weighted by molar-refractivity contribution is 5.85. The normalized spacial score (nSPS) is 17.7. The van der Waals surface area contributed by atoms with Crippen LogP contribution >= 0.6 is 12.4 Å². The minimum Gasteiger partial charge on any atom is -0.482 e. The number of esters is 1. The largest absolute Gasteiger partial charge is 0.482 e. The monoisotopic (exact) mass is 445 g/mol. The van der Waals surface area contributed by atoms with Crippen LogP contribution in [0.4, 0.5) is 0 Å². The molecule has 0 N–H and O–H groups in total. The molecule has 2 heterocycles. The van der Waals surface area contributed by atoms with Gasteiger partial charge in [0.25, 0.3) is 0 Å². The average molecular weight is 446 g/mol. The minimum absolute atomic E-state index is 0. The lowest BCUT2D eigenvalue weighted by Crippen LogP contribution is -2.44. The molecule has 1 aromatic heterocycles. The molecule has 2 aromatic carbocycles. The lowest BCUT2D eigenvalue weighted by molar-refractivity contribution is -0.142. The van der Waals surface area contributed by atoms with Crippen LogP contribution in [0.3, 0.4) is 0 Å². The van der Waals surface area contributed by atoms with Crippen molar-refractivity contribution >= 4 is 29.3 Å². The second-order valence-electron chi connectivity index (χ2n) is 7.60. The quantitative estimate of drug-likeness (QED) is 0.502. The van der Waals surface area contributed by atoms with Gasteiger partial charge in [-0.25, -0.2) is 4.79 Å². The lowest BCUT2D eigenvalue weighted by Gasteiger charge is -2.36. The van der Waals surface area contributed by atoms with E-state index in [1.54, 1.807) is 0 Å². The van der Waals surface area contributed by atoms with E-state index in [2.05, 4.69) is 28.7 Å². The highest BCUT2D eigenvalue weighted by atomic mass is 35.5. The van der Waals surface area contributed by atoms with Gasteiger partial charge in [0.05, 0.1) is 13.7 Å². The topological polar surface area (TPSA) is 61.1 Å². The summed E-state index contributed by atoms with van der Waals surface area (Å²) in [7, 11) is 1.35. The summed E-state index contributed by atoms with van der Waals surface area (Å²) in [5.74, 6) is 1.16. The predicted molar refractivity (Wildman–Crippen MR) is 121 cm³/mol. The number of benzene rings is 2. The summed E-state index contributed by atoms with van der Waals surface area (Å²) in [5, 5.41) is 1.11. The van der Waals surface area contributed by atoms with Crippen LogP contribution in [-0.4, -0.2) is 50.3 Å². The Bertz CT molecular complexity index is 954. The molecular formula is C24H28ClNO5. The van der Waals surface area contributed by atoms with Crippen molar-refractivity contribution in [3.8, 4) is 5.75 Å². The molecule has 0 saturated carbocycles. The number of hydrogen-bond acceptors (Lipinski definition) is 6. The van der Waals surface area contributed by atoms with Gasteiger partial charge in [-0.15, -0.1) is 12.4 Å². The van der Waals surface area contributed by atoms with E-state index in [0.29, 0.717) is 18.4 Å². The first kappa shape index (κ1) is 23.1. The van der Waals surface area contributed by atoms with Crippen molar-refractivity contribution in [2.45, 2.75) is 25.5 Å². The minimum atomic E-state index is -0.390. The number of para-hydroxylation sites is 1. The summed E-state index contributed by atoms with van der Waals surface area (Å²) in [5.41, 5.74) is 2.12. The van der Waals surface area contributed by atoms with Crippen molar-refractivity contribution < 1.29 is 23.4 Å². The second kappa shape index (κ2) is 10.7. The maximum absolute atomic E-state index is 11.2. The fourth-order valence-electron chi connectivity index (χ4n) is 3.80.